The first-order chi connectivity index (χ1) is 10.5. The van der Waals surface area contributed by atoms with E-state index >= 15 is 0 Å². The number of carboxylic acid groups (broad SMARTS) is 1. The lowest BCUT2D eigenvalue weighted by Gasteiger charge is -2.13. The summed E-state index contributed by atoms with van der Waals surface area (Å²) < 4.78 is 13.0. The second-order valence-electron chi connectivity index (χ2n) is 4.77. The zero-order valence-electron chi connectivity index (χ0n) is 11.5. The Morgan fingerprint density at radius 2 is 1.55 bits per heavy atom. The molecule has 22 heavy (non-hydrogen) atoms. The van der Waals surface area contributed by atoms with E-state index in [1.54, 1.807) is 30.3 Å². The molecule has 4 nitrogen and oxygen atoms in total. The van der Waals surface area contributed by atoms with Crippen LogP contribution in [0.4, 0.5) is 4.39 Å². The lowest BCUT2D eigenvalue weighted by atomic mass is 9.88. The highest BCUT2D eigenvalue weighted by atomic mass is 19.1. The van der Waals surface area contributed by atoms with Crippen molar-refractivity contribution in [1.29, 1.82) is 0 Å². The van der Waals surface area contributed by atoms with E-state index in [-0.39, 0.29) is 12.2 Å². The summed E-state index contributed by atoms with van der Waals surface area (Å²) >= 11 is 0. The van der Waals surface area contributed by atoms with Crippen molar-refractivity contribution in [3.8, 4) is 0 Å². The summed E-state index contributed by atoms with van der Waals surface area (Å²) in [7, 11) is 0. The average Bonchev–Trinajstić information content (AvgIpc) is 2.53. The number of benzene rings is 2. The zero-order valence-corrected chi connectivity index (χ0v) is 11.5. The molecule has 0 saturated carbocycles. The molecular formula is C17H13FO4. The van der Waals surface area contributed by atoms with Gasteiger partial charge in [0, 0.05) is 12.0 Å². The van der Waals surface area contributed by atoms with Crippen LogP contribution in [0.2, 0.25) is 0 Å². The fourth-order valence-electron chi connectivity index (χ4n) is 2.13. The molecular weight excluding hydrogens is 287 g/mol. The maximum absolute atomic E-state index is 13.0. The zero-order chi connectivity index (χ0) is 16.1. The number of carbonyl (C=O) groups is 3. The van der Waals surface area contributed by atoms with Crippen LogP contribution in [-0.4, -0.2) is 22.6 Å². The van der Waals surface area contributed by atoms with Crippen LogP contribution < -0.4 is 0 Å². The summed E-state index contributed by atoms with van der Waals surface area (Å²) in [6.45, 7) is 0. The molecule has 2 aromatic carbocycles. The van der Waals surface area contributed by atoms with Crippen molar-refractivity contribution in [2.45, 2.75) is 12.3 Å². The van der Waals surface area contributed by atoms with Gasteiger partial charge in [0.1, 0.15) is 5.82 Å². The predicted octanol–water partition coefficient (Wildman–Crippen LogP) is 2.84. The molecule has 1 N–H and O–H groups in total. The van der Waals surface area contributed by atoms with Gasteiger partial charge in [0.25, 0.3) is 0 Å². The Hall–Kier alpha value is -2.82. The third-order valence-corrected chi connectivity index (χ3v) is 3.28. The molecule has 0 spiro atoms. The standard InChI is InChI=1S/C17H13FO4/c18-13-8-6-11(7-9-13)14(16(20)17(21)22)10-15(19)12-4-2-1-3-5-12/h1-9,14H,10H2,(H,21,22). The Morgan fingerprint density at radius 1 is 0.955 bits per heavy atom. The molecule has 0 aromatic heterocycles. The number of carboxylic acids is 1. The molecule has 0 aliphatic rings. The van der Waals surface area contributed by atoms with E-state index in [0.29, 0.717) is 11.1 Å². The van der Waals surface area contributed by atoms with Crippen LogP contribution in [0.1, 0.15) is 28.3 Å². The Kier molecular flexibility index (Phi) is 4.78. The Morgan fingerprint density at radius 3 is 2.09 bits per heavy atom. The first-order valence-corrected chi connectivity index (χ1v) is 6.60. The summed E-state index contributed by atoms with van der Waals surface area (Å²) in [5, 5.41) is 8.92. The van der Waals surface area contributed by atoms with E-state index in [9.17, 15) is 18.8 Å². The summed E-state index contributed by atoms with van der Waals surface area (Å²) in [5.41, 5.74) is 0.700. The van der Waals surface area contributed by atoms with Gasteiger partial charge in [-0.15, -0.1) is 0 Å². The molecule has 0 amide bonds. The lowest BCUT2D eigenvalue weighted by molar-refractivity contribution is -0.149. The summed E-state index contributed by atoms with van der Waals surface area (Å²) in [4.78, 5) is 35.0. The number of aliphatic carboxylic acids is 1. The highest BCUT2D eigenvalue weighted by Gasteiger charge is 2.29. The van der Waals surface area contributed by atoms with Crippen molar-refractivity contribution in [2.24, 2.45) is 0 Å². The minimum atomic E-state index is -1.62. The fraction of sp³-hybridized carbons (Fsp3) is 0.118. The van der Waals surface area contributed by atoms with Gasteiger partial charge in [0.05, 0.1) is 5.92 Å². The van der Waals surface area contributed by atoms with Gasteiger partial charge in [-0.2, -0.15) is 0 Å². The van der Waals surface area contributed by atoms with Crippen LogP contribution in [0.15, 0.2) is 54.6 Å². The number of ketones is 2. The van der Waals surface area contributed by atoms with Crippen molar-refractivity contribution in [3.05, 3.63) is 71.5 Å². The largest absolute Gasteiger partial charge is 0.475 e. The van der Waals surface area contributed by atoms with Crippen LogP contribution in [0.5, 0.6) is 0 Å². The third-order valence-electron chi connectivity index (χ3n) is 3.28. The Labute approximate surface area is 126 Å². The predicted molar refractivity (Wildman–Crippen MR) is 77.2 cm³/mol. The van der Waals surface area contributed by atoms with E-state index in [1.807, 2.05) is 0 Å². The number of Topliss-reactive ketones (excluding diaryl/α,β-unsaturated/α-hetero) is 2. The highest BCUT2D eigenvalue weighted by molar-refractivity contribution is 6.35. The van der Waals surface area contributed by atoms with E-state index in [2.05, 4.69) is 0 Å². The molecule has 5 heteroatoms. The van der Waals surface area contributed by atoms with Crippen LogP contribution in [-0.2, 0) is 9.59 Å². The molecule has 112 valence electrons. The maximum atomic E-state index is 13.0. The molecule has 1 unspecified atom stereocenters. The van der Waals surface area contributed by atoms with Gasteiger partial charge in [-0.25, -0.2) is 9.18 Å². The summed E-state index contributed by atoms with van der Waals surface area (Å²) in [6, 6.07) is 13.2. The molecule has 2 rings (SSSR count). The molecule has 0 fully saturated rings. The van der Waals surface area contributed by atoms with E-state index in [0.717, 1.165) is 12.1 Å². The molecule has 1 atom stereocenters. The molecule has 0 aliphatic carbocycles. The van der Waals surface area contributed by atoms with Crippen molar-refractivity contribution in [3.63, 3.8) is 0 Å². The fourth-order valence-corrected chi connectivity index (χ4v) is 2.13. The van der Waals surface area contributed by atoms with Crippen molar-refractivity contribution in [2.75, 3.05) is 0 Å². The van der Waals surface area contributed by atoms with Crippen LogP contribution >= 0.6 is 0 Å². The van der Waals surface area contributed by atoms with Crippen molar-refractivity contribution < 1.29 is 23.9 Å². The number of hydrogen-bond acceptors (Lipinski definition) is 3. The SMILES string of the molecule is O=C(O)C(=O)C(CC(=O)c1ccccc1)c1ccc(F)cc1. The van der Waals surface area contributed by atoms with Crippen LogP contribution in [0.25, 0.3) is 0 Å². The van der Waals surface area contributed by atoms with Gasteiger partial charge in [0.2, 0.25) is 5.78 Å². The molecule has 0 radical (unpaired) electrons. The van der Waals surface area contributed by atoms with Crippen molar-refractivity contribution in [1.82, 2.24) is 0 Å². The first kappa shape index (κ1) is 15.6. The maximum Gasteiger partial charge on any atom is 0.372 e. The first-order valence-electron chi connectivity index (χ1n) is 6.60. The minimum absolute atomic E-state index is 0.277. The Bertz CT molecular complexity index is 692. The van der Waals surface area contributed by atoms with E-state index in [4.69, 9.17) is 5.11 Å². The molecule has 0 heterocycles. The average molecular weight is 300 g/mol. The van der Waals surface area contributed by atoms with Gasteiger partial charge in [0.15, 0.2) is 5.78 Å². The van der Waals surface area contributed by atoms with Gasteiger partial charge < -0.3 is 5.11 Å². The number of hydrogen-bond donors (Lipinski definition) is 1. The smallest absolute Gasteiger partial charge is 0.372 e. The quantitative estimate of drug-likeness (QED) is 0.657. The minimum Gasteiger partial charge on any atom is -0.475 e. The number of carbonyl (C=O) groups excluding carboxylic acids is 2. The van der Waals surface area contributed by atoms with E-state index in [1.165, 1.54) is 12.1 Å². The number of halogens is 1. The lowest BCUT2D eigenvalue weighted by Crippen LogP contribution is -2.24. The highest BCUT2D eigenvalue weighted by Crippen LogP contribution is 2.23. The number of rotatable bonds is 6. The Balaban J connectivity index is 2.29. The third kappa shape index (κ3) is 3.63. The molecule has 0 aliphatic heterocycles. The second-order valence-corrected chi connectivity index (χ2v) is 4.77. The summed E-state index contributed by atoms with van der Waals surface area (Å²) in [5.74, 6) is -4.68. The monoisotopic (exact) mass is 300 g/mol. The van der Waals surface area contributed by atoms with Gasteiger partial charge in [-0.3, -0.25) is 9.59 Å². The van der Waals surface area contributed by atoms with Crippen LogP contribution in [0.3, 0.4) is 0 Å². The molecule has 0 saturated heterocycles. The molecule has 2 aromatic rings. The van der Waals surface area contributed by atoms with E-state index < -0.39 is 23.5 Å². The second kappa shape index (κ2) is 6.76. The molecule has 0 bridgehead atoms. The topological polar surface area (TPSA) is 71.4 Å². The van der Waals surface area contributed by atoms with Gasteiger partial charge in [-0.1, -0.05) is 42.5 Å². The summed E-state index contributed by atoms with van der Waals surface area (Å²) in [6.07, 6.45) is -0.277. The van der Waals surface area contributed by atoms with Gasteiger partial charge >= 0.3 is 5.97 Å². The van der Waals surface area contributed by atoms with Crippen molar-refractivity contribution >= 4 is 17.5 Å². The van der Waals surface area contributed by atoms with Crippen LogP contribution in [0, 0.1) is 5.82 Å². The normalized spacial score (nSPS) is 11.7. The van der Waals surface area contributed by atoms with Gasteiger partial charge in [-0.05, 0) is 17.7 Å².